The fourth-order valence-electron chi connectivity index (χ4n) is 1.25. The van der Waals surface area contributed by atoms with E-state index in [1.54, 1.807) is 7.11 Å². The van der Waals surface area contributed by atoms with Gasteiger partial charge in [-0.05, 0) is 31.8 Å². The molecule has 0 amide bonds. The molecule has 0 bridgehead atoms. The molecule has 0 aromatic carbocycles. The molecule has 0 rings (SSSR count). The zero-order valence-corrected chi connectivity index (χ0v) is 9.57. The standard InChI is InChI=1S/C10H22ClNO/c1-3-10(5-6-11)9-12-7-4-8-13-2/h10,12H,3-9H2,1-2H3. The first-order valence-electron chi connectivity index (χ1n) is 5.10. The lowest BCUT2D eigenvalue weighted by Crippen LogP contribution is -2.24. The summed E-state index contributed by atoms with van der Waals surface area (Å²) < 4.78 is 4.96. The Morgan fingerprint density at radius 3 is 2.77 bits per heavy atom. The van der Waals surface area contributed by atoms with Crippen LogP contribution in [0.3, 0.4) is 0 Å². The number of nitrogens with one attached hydrogen (secondary N) is 1. The molecule has 1 N–H and O–H groups in total. The Bertz CT molecular complexity index is 101. The van der Waals surface area contributed by atoms with Crippen LogP contribution in [-0.4, -0.2) is 32.7 Å². The van der Waals surface area contributed by atoms with Gasteiger partial charge in [0.25, 0.3) is 0 Å². The topological polar surface area (TPSA) is 21.3 Å². The van der Waals surface area contributed by atoms with Crippen LogP contribution in [0.15, 0.2) is 0 Å². The van der Waals surface area contributed by atoms with Crippen LogP contribution in [-0.2, 0) is 4.74 Å². The molecule has 80 valence electrons. The van der Waals surface area contributed by atoms with E-state index in [0.29, 0.717) is 0 Å². The van der Waals surface area contributed by atoms with E-state index in [0.717, 1.165) is 44.3 Å². The van der Waals surface area contributed by atoms with Crippen molar-refractivity contribution in [2.24, 2.45) is 5.92 Å². The van der Waals surface area contributed by atoms with E-state index in [2.05, 4.69) is 12.2 Å². The molecule has 1 atom stereocenters. The first-order chi connectivity index (χ1) is 6.35. The molecule has 0 aliphatic carbocycles. The predicted octanol–water partition coefficient (Wildman–Crippen LogP) is 2.27. The summed E-state index contributed by atoms with van der Waals surface area (Å²) in [5.41, 5.74) is 0. The van der Waals surface area contributed by atoms with Gasteiger partial charge in [-0.3, -0.25) is 0 Å². The molecule has 0 aliphatic rings. The van der Waals surface area contributed by atoms with Crippen LogP contribution in [0, 0.1) is 5.92 Å². The molecule has 0 aromatic rings. The molecular weight excluding hydrogens is 186 g/mol. The second kappa shape index (κ2) is 10.3. The highest BCUT2D eigenvalue weighted by Crippen LogP contribution is 2.07. The van der Waals surface area contributed by atoms with Gasteiger partial charge in [0.1, 0.15) is 0 Å². The van der Waals surface area contributed by atoms with Gasteiger partial charge in [-0.25, -0.2) is 0 Å². The van der Waals surface area contributed by atoms with Gasteiger partial charge in [0, 0.05) is 19.6 Å². The summed E-state index contributed by atoms with van der Waals surface area (Å²) in [5.74, 6) is 1.51. The molecule has 1 unspecified atom stereocenters. The third-order valence-electron chi connectivity index (χ3n) is 2.23. The molecule has 0 fully saturated rings. The lowest BCUT2D eigenvalue weighted by atomic mass is 10.0. The van der Waals surface area contributed by atoms with Crippen molar-refractivity contribution >= 4 is 11.6 Å². The molecule has 13 heavy (non-hydrogen) atoms. The van der Waals surface area contributed by atoms with Crippen molar-refractivity contribution in [3.63, 3.8) is 0 Å². The average Bonchev–Trinajstić information content (AvgIpc) is 2.16. The van der Waals surface area contributed by atoms with Crippen molar-refractivity contribution < 1.29 is 4.74 Å². The summed E-state index contributed by atoms with van der Waals surface area (Å²) in [5, 5.41) is 3.42. The number of alkyl halides is 1. The van der Waals surface area contributed by atoms with Gasteiger partial charge in [0.15, 0.2) is 0 Å². The first kappa shape index (κ1) is 13.2. The number of hydrogen-bond acceptors (Lipinski definition) is 2. The minimum atomic E-state index is 0.736. The predicted molar refractivity (Wildman–Crippen MR) is 58.5 cm³/mol. The molecule has 0 spiro atoms. The third kappa shape index (κ3) is 8.54. The van der Waals surface area contributed by atoms with Crippen molar-refractivity contribution in [1.29, 1.82) is 0 Å². The number of rotatable bonds is 9. The lowest BCUT2D eigenvalue weighted by Gasteiger charge is -2.13. The molecular formula is C10H22ClNO. The summed E-state index contributed by atoms with van der Waals surface area (Å²) in [4.78, 5) is 0. The van der Waals surface area contributed by atoms with Crippen LogP contribution >= 0.6 is 11.6 Å². The molecule has 0 heterocycles. The molecule has 3 heteroatoms. The van der Waals surface area contributed by atoms with Gasteiger partial charge in [-0.1, -0.05) is 13.3 Å². The van der Waals surface area contributed by atoms with Gasteiger partial charge in [0.2, 0.25) is 0 Å². The average molecular weight is 208 g/mol. The van der Waals surface area contributed by atoms with Gasteiger partial charge in [-0.2, -0.15) is 0 Å². The Balaban J connectivity index is 3.17. The maximum Gasteiger partial charge on any atom is 0.0474 e. The van der Waals surface area contributed by atoms with Crippen LogP contribution < -0.4 is 5.32 Å². The Kier molecular flexibility index (Phi) is 10.5. The summed E-state index contributed by atoms with van der Waals surface area (Å²) in [6.07, 6.45) is 3.42. The molecule has 0 aromatic heterocycles. The number of ether oxygens (including phenoxy) is 1. The second-order valence-corrected chi connectivity index (χ2v) is 3.68. The van der Waals surface area contributed by atoms with Crippen molar-refractivity contribution in [3.05, 3.63) is 0 Å². The summed E-state index contributed by atoms with van der Waals surface area (Å²) in [7, 11) is 1.74. The maximum atomic E-state index is 5.69. The Morgan fingerprint density at radius 2 is 2.23 bits per heavy atom. The van der Waals surface area contributed by atoms with Crippen molar-refractivity contribution in [2.75, 3.05) is 32.7 Å². The second-order valence-electron chi connectivity index (χ2n) is 3.30. The van der Waals surface area contributed by atoms with E-state index in [1.165, 1.54) is 6.42 Å². The molecule has 2 nitrogen and oxygen atoms in total. The van der Waals surface area contributed by atoms with E-state index in [9.17, 15) is 0 Å². The van der Waals surface area contributed by atoms with E-state index < -0.39 is 0 Å². The van der Waals surface area contributed by atoms with Crippen LogP contribution in [0.25, 0.3) is 0 Å². The minimum absolute atomic E-state index is 0.736. The third-order valence-corrected chi connectivity index (χ3v) is 2.45. The quantitative estimate of drug-likeness (QED) is 0.463. The van der Waals surface area contributed by atoms with Crippen molar-refractivity contribution in [3.8, 4) is 0 Å². The smallest absolute Gasteiger partial charge is 0.0474 e. The SMILES string of the molecule is CCC(CCCl)CNCCCOC. The summed E-state index contributed by atoms with van der Waals surface area (Å²) in [6, 6.07) is 0. The monoisotopic (exact) mass is 207 g/mol. The van der Waals surface area contributed by atoms with Gasteiger partial charge in [-0.15, -0.1) is 11.6 Å². The largest absolute Gasteiger partial charge is 0.385 e. The van der Waals surface area contributed by atoms with Crippen molar-refractivity contribution in [2.45, 2.75) is 26.2 Å². The van der Waals surface area contributed by atoms with Crippen LogP contribution in [0.4, 0.5) is 0 Å². The first-order valence-corrected chi connectivity index (χ1v) is 5.64. The van der Waals surface area contributed by atoms with Gasteiger partial charge < -0.3 is 10.1 Å². The van der Waals surface area contributed by atoms with E-state index in [4.69, 9.17) is 16.3 Å². The van der Waals surface area contributed by atoms with Gasteiger partial charge in [0.05, 0.1) is 0 Å². The number of hydrogen-bond donors (Lipinski definition) is 1. The highest BCUT2D eigenvalue weighted by molar-refractivity contribution is 6.17. The lowest BCUT2D eigenvalue weighted by molar-refractivity contribution is 0.193. The Hall–Kier alpha value is 0.210. The Labute approximate surface area is 87.0 Å². The zero-order chi connectivity index (χ0) is 9.94. The van der Waals surface area contributed by atoms with E-state index >= 15 is 0 Å². The van der Waals surface area contributed by atoms with Crippen LogP contribution in [0.5, 0.6) is 0 Å². The zero-order valence-electron chi connectivity index (χ0n) is 8.81. The van der Waals surface area contributed by atoms with Crippen LogP contribution in [0.2, 0.25) is 0 Å². The molecule has 0 saturated heterocycles. The highest BCUT2D eigenvalue weighted by Gasteiger charge is 2.03. The molecule has 0 radical (unpaired) electrons. The normalized spacial score (nSPS) is 13.2. The maximum absolute atomic E-state index is 5.69. The van der Waals surface area contributed by atoms with E-state index in [-0.39, 0.29) is 0 Å². The van der Waals surface area contributed by atoms with Gasteiger partial charge >= 0.3 is 0 Å². The molecule has 0 aliphatic heterocycles. The summed E-state index contributed by atoms with van der Waals surface area (Å²) in [6.45, 7) is 5.20. The molecule has 0 saturated carbocycles. The summed E-state index contributed by atoms with van der Waals surface area (Å²) >= 11 is 5.69. The number of methoxy groups -OCH3 is 1. The van der Waals surface area contributed by atoms with Crippen molar-refractivity contribution in [1.82, 2.24) is 5.32 Å². The fraction of sp³-hybridized carbons (Fsp3) is 1.00. The highest BCUT2D eigenvalue weighted by atomic mass is 35.5. The van der Waals surface area contributed by atoms with Crippen LogP contribution in [0.1, 0.15) is 26.2 Å². The minimum Gasteiger partial charge on any atom is -0.385 e. The number of halogens is 1. The fourth-order valence-corrected chi connectivity index (χ4v) is 1.56. The Morgan fingerprint density at radius 1 is 1.46 bits per heavy atom. The van der Waals surface area contributed by atoms with E-state index in [1.807, 2.05) is 0 Å².